The number of benzene rings is 3. The van der Waals surface area contributed by atoms with E-state index in [4.69, 9.17) is 0 Å². The molecular formula is C30H32FN5O2. The minimum Gasteiger partial charge on any atom is -0.349 e. The van der Waals surface area contributed by atoms with Crippen molar-refractivity contribution in [3.05, 3.63) is 89.2 Å². The van der Waals surface area contributed by atoms with Gasteiger partial charge in [-0.3, -0.25) is 14.5 Å². The lowest BCUT2D eigenvalue weighted by Crippen LogP contribution is -2.50. The highest BCUT2D eigenvalue weighted by Gasteiger charge is 2.37. The molecule has 5 rings (SSSR count). The lowest BCUT2D eigenvalue weighted by atomic mass is 9.89. The number of aryl methyl sites for hydroxylation is 1. The number of nitrogens with zero attached hydrogens (tertiary/aromatic N) is 4. The summed E-state index contributed by atoms with van der Waals surface area (Å²) in [6, 6.07) is 18.2. The molecular weight excluding hydrogens is 481 g/mol. The molecule has 2 amide bonds. The van der Waals surface area contributed by atoms with Crippen LogP contribution < -0.4 is 10.2 Å². The van der Waals surface area contributed by atoms with Gasteiger partial charge in [0.15, 0.2) is 0 Å². The quantitative estimate of drug-likeness (QED) is 0.387. The number of anilines is 1. The fourth-order valence-electron chi connectivity index (χ4n) is 5.18. The van der Waals surface area contributed by atoms with Gasteiger partial charge >= 0.3 is 0 Å². The summed E-state index contributed by atoms with van der Waals surface area (Å²) >= 11 is 0. The van der Waals surface area contributed by atoms with Gasteiger partial charge in [0.25, 0.3) is 0 Å². The van der Waals surface area contributed by atoms with Gasteiger partial charge in [-0.25, -0.2) is 9.07 Å². The Balaban J connectivity index is 1.67. The first-order chi connectivity index (χ1) is 18.2. The van der Waals surface area contributed by atoms with Gasteiger partial charge in [0.05, 0.1) is 5.52 Å². The number of aromatic nitrogens is 3. The molecule has 1 heterocycles. The van der Waals surface area contributed by atoms with Crippen LogP contribution in [0.2, 0.25) is 0 Å². The lowest BCUT2D eigenvalue weighted by molar-refractivity contribution is -0.128. The molecule has 1 aliphatic rings. The molecule has 1 N–H and O–H groups in total. The van der Waals surface area contributed by atoms with Crippen molar-refractivity contribution in [1.82, 2.24) is 20.3 Å². The SMILES string of the molecule is CC(C)(C)NC(=O)[C@@H](c1ccccc1F)N(C(=O)Cn1nnc2ccccc21)c1cccc2c1CCCC2. The van der Waals surface area contributed by atoms with Crippen LogP contribution in [0, 0.1) is 5.82 Å². The summed E-state index contributed by atoms with van der Waals surface area (Å²) in [4.78, 5) is 29.7. The zero-order valence-electron chi connectivity index (χ0n) is 21.9. The second-order valence-electron chi connectivity index (χ2n) is 10.8. The molecule has 1 aliphatic carbocycles. The van der Waals surface area contributed by atoms with Gasteiger partial charge in [-0.15, -0.1) is 5.10 Å². The van der Waals surface area contributed by atoms with E-state index in [2.05, 4.69) is 21.7 Å². The Labute approximate surface area is 221 Å². The van der Waals surface area contributed by atoms with Crippen molar-refractivity contribution in [3.63, 3.8) is 0 Å². The first-order valence-corrected chi connectivity index (χ1v) is 13.0. The molecule has 7 nitrogen and oxygen atoms in total. The van der Waals surface area contributed by atoms with E-state index in [1.54, 1.807) is 18.2 Å². The van der Waals surface area contributed by atoms with Crippen molar-refractivity contribution < 1.29 is 14.0 Å². The molecule has 38 heavy (non-hydrogen) atoms. The maximum absolute atomic E-state index is 15.4. The van der Waals surface area contributed by atoms with Crippen molar-refractivity contribution in [2.75, 3.05) is 4.90 Å². The van der Waals surface area contributed by atoms with Crippen LogP contribution in [0.5, 0.6) is 0 Å². The van der Waals surface area contributed by atoms with Crippen molar-refractivity contribution in [2.24, 2.45) is 0 Å². The summed E-state index contributed by atoms with van der Waals surface area (Å²) in [5, 5.41) is 11.4. The number of fused-ring (bicyclic) bond motifs is 2. The number of carbonyl (C=O) groups excluding carboxylic acids is 2. The predicted octanol–water partition coefficient (Wildman–Crippen LogP) is 5.14. The van der Waals surface area contributed by atoms with Crippen LogP contribution in [-0.4, -0.2) is 32.3 Å². The van der Waals surface area contributed by atoms with E-state index in [0.29, 0.717) is 16.7 Å². The Kier molecular flexibility index (Phi) is 6.97. The van der Waals surface area contributed by atoms with Gasteiger partial charge in [-0.2, -0.15) is 0 Å². The summed E-state index contributed by atoms with van der Waals surface area (Å²) in [6.45, 7) is 5.43. The monoisotopic (exact) mass is 513 g/mol. The highest BCUT2D eigenvalue weighted by atomic mass is 19.1. The van der Waals surface area contributed by atoms with Crippen LogP contribution in [0.1, 0.15) is 56.3 Å². The largest absolute Gasteiger partial charge is 0.349 e. The smallest absolute Gasteiger partial charge is 0.249 e. The lowest BCUT2D eigenvalue weighted by Gasteiger charge is -2.36. The standard InChI is InChI=1S/C30H32FN5O2/c1-30(2,3)32-29(38)28(22-14-6-7-15-23(22)31)36(25-18-10-12-20-11-4-5-13-21(20)25)27(37)19-35-26-17-9-8-16-24(26)33-34-35/h6-10,12,14-18,28H,4-5,11,13,19H2,1-3H3,(H,32,38)/t28-/m1/s1. The number of halogens is 1. The Morgan fingerprint density at radius 3 is 2.53 bits per heavy atom. The van der Waals surface area contributed by atoms with E-state index in [9.17, 15) is 9.59 Å². The summed E-state index contributed by atoms with van der Waals surface area (Å²) in [7, 11) is 0. The van der Waals surface area contributed by atoms with Crippen LogP contribution in [-0.2, 0) is 29.0 Å². The van der Waals surface area contributed by atoms with Crippen molar-refractivity contribution in [3.8, 4) is 0 Å². The highest BCUT2D eigenvalue weighted by Crippen LogP contribution is 2.37. The molecule has 0 radical (unpaired) electrons. The molecule has 0 saturated carbocycles. The summed E-state index contributed by atoms with van der Waals surface area (Å²) in [5.74, 6) is -1.37. The molecule has 0 saturated heterocycles. The third kappa shape index (κ3) is 5.16. The molecule has 3 aromatic carbocycles. The first-order valence-electron chi connectivity index (χ1n) is 13.0. The fourth-order valence-corrected chi connectivity index (χ4v) is 5.18. The molecule has 1 atom stereocenters. The minimum atomic E-state index is -1.22. The number of para-hydroxylation sites is 1. The Bertz CT molecular complexity index is 1490. The second kappa shape index (κ2) is 10.4. The summed E-state index contributed by atoms with van der Waals surface area (Å²) in [6.07, 6.45) is 3.73. The maximum atomic E-state index is 15.4. The Morgan fingerprint density at radius 2 is 1.74 bits per heavy atom. The van der Waals surface area contributed by atoms with Crippen LogP contribution in [0.25, 0.3) is 11.0 Å². The zero-order valence-corrected chi connectivity index (χ0v) is 21.9. The highest BCUT2D eigenvalue weighted by molar-refractivity contribution is 6.02. The number of amides is 2. The van der Waals surface area contributed by atoms with Crippen molar-refractivity contribution in [1.29, 1.82) is 0 Å². The summed E-state index contributed by atoms with van der Waals surface area (Å²) in [5.41, 5.74) is 3.74. The van der Waals surface area contributed by atoms with E-state index >= 15 is 4.39 Å². The molecule has 0 spiro atoms. The third-order valence-electron chi connectivity index (χ3n) is 6.81. The number of hydrogen-bond acceptors (Lipinski definition) is 4. The molecule has 4 aromatic rings. The molecule has 0 aliphatic heterocycles. The van der Waals surface area contributed by atoms with Crippen LogP contribution in [0.3, 0.4) is 0 Å². The minimum absolute atomic E-state index is 0.138. The summed E-state index contributed by atoms with van der Waals surface area (Å²) < 4.78 is 16.9. The van der Waals surface area contributed by atoms with Crippen molar-refractivity contribution in [2.45, 2.75) is 64.6 Å². The molecule has 8 heteroatoms. The fraction of sp³-hybridized carbons (Fsp3) is 0.333. The Hall–Kier alpha value is -4.07. The zero-order chi connectivity index (χ0) is 26.9. The average molecular weight is 514 g/mol. The topological polar surface area (TPSA) is 80.1 Å². The first kappa shape index (κ1) is 25.6. The van der Waals surface area contributed by atoms with E-state index in [-0.39, 0.29) is 18.0 Å². The van der Waals surface area contributed by atoms with Crippen LogP contribution >= 0.6 is 0 Å². The number of rotatable bonds is 6. The average Bonchev–Trinajstić information content (AvgIpc) is 3.29. The normalized spacial score (nSPS) is 14.1. The van der Waals surface area contributed by atoms with Crippen molar-refractivity contribution >= 4 is 28.5 Å². The third-order valence-corrected chi connectivity index (χ3v) is 6.81. The molecule has 196 valence electrons. The van der Waals surface area contributed by atoms with E-state index in [1.807, 2.05) is 57.2 Å². The van der Waals surface area contributed by atoms with E-state index < -0.39 is 23.3 Å². The van der Waals surface area contributed by atoms with Gasteiger partial charge in [0, 0.05) is 16.8 Å². The van der Waals surface area contributed by atoms with E-state index in [0.717, 1.165) is 36.8 Å². The van der Waals surface area contributed by atoms with Gasteiger partial charge < -0.3 is 5.32 Å². The number of carbonyl (C=O) groups is 2. The van der Waals surface area contributed by atoms with Crippen LogP contribution in [0.4, 0.5) is 10.1 Å². The maximum Gasteiger partial charge on any atom is 0.249 e. The predicted molar refractivity (Wildman–Crippen MR) is 145 cm³/mol. The molecule has 0 fully saturated rings. The van der Waals surface area contributed by atoms with Gasteiger partial charge in [0.2, 0.25) is 11.8 Å². The van der Waals surface area contributed by atoms with Gasteiger partial charge in [-0.05, 0) is 81.8 Å². The van der Waals surface area contributed by atoms with Gasteiger partial charge in [0.1, 0.15) is 23.9 Å². The second-order valence-corrected chi connectivity index (χ2v) is 10.8. The number of nitrogens with one attached hydrogen (secondary N) is 1. The van der Waals surface area contributed by atoms with Crippen LogP contribution in [0.15, 0.2) is 66.7 Å². The number of hydrogen-bond donors (Lipinski definition) is 1. The molecule has 1 aromatic heterocycles. The molecule has 0 bridgehead atoms. The van der Waals surface area contributed by atoms with E-state index in [1.165, 1.54) is 15.6 Å². The Morgan fingerprint density at radius 1 is 1.00 bits per heavy atom. The molecule has 0 unspecified atom stereocenters. The van der Waals surface area contributed by atoms with Gasteiger partial charge in [-0.1, -0.05) is 47.7 Å².